The number of para-hydroxylation sites is 1. The molecule has 0 aromatic heterocycles. The number of thiocarbonyl (C=S) groups is 1. The fourth-order valence-corrected chi connectivity index (χ4v) is 4.02. The second-order valence-electron chi connectivity index (χ2n) is 7.34. The molecule has 0 amide bonds. The van der Waals surface area contributed by atoms with E-state index in [0.717, 1.165) is 11.6 Å². The van der Waals surface area contributed by atoms with Crippen molar-refractivity contribution in [2.75, 3.05) is 5.32 Å². The Balaban J connectivity index is 1.58. The first kappa shape index (κ1) is 16.2. The number of hydrazone groups is 1. The third-order valence-electron chi connectivity index (χ3n) is 5.61. The zero-order valence-electron chi connectivity index (χ0n) is 14.3. The van der Waals surface area contributed by atoms with Crippen LogP contribution in [0.5, 0.6) is 0 Å². The van der Waals surface area contributed by atoms with E-state index in [4.69, 9.17) is 12.2 Å². The molecule has 0 saturated heterocycles. The number of nitrogens with one attached hydrogen (secondary N) is 2. The van der Waals surface area contributed by atoms with Gasteiger partial charge in [-0.25, -0.2) is 0 Å². The Morgan fingerprint density at radius 1 is 1.30 bits per heavy atom. The summed E-state index contributed by atoms with van der Waals surface area (Å²) in [5, 5.41) is 8.11. The second kappa shape index (κ2) is 6.08. The van der Waals surface area contributed by atoms with Crippen LogP contribution in [0.15, 0.2) is 34.9 Å². The van der Waals surface area contributed by atoms with Gasteiger partial charge in [0.15, 0.2) is 5.11 Å². The van der Waals surface area contributed by atoms with Crippen LogP contribution in [0.2, 0.25) is 0 Å². The first-order valence-corrected chi connectivity index (χ1v) is 8.66. The van der Waals surface area contributed by atoms with E-state index in [1.807, 2.05) is 12.3 Å². The van der Waals surface area contributed by atoms with E-state index >= 15 is 0 Å². The maximum Gasteiger partial charge on any atom is 0.191 e. The highest BCUT2D eigenvalue weighted by Crippen LogP contribution is 2.58. The number of hydrogen-bond acceptors (Lipinski definition) is 2. The number of anilines is 1. The van der Waals surface area contributed by atoms with Crippen LogP contribution < -0.4 is 10.7 Å². The molecule has 4 rings (SSSR count). The van der Waals surface area contributed by atoms with E-state index in [2.05, 4.69) is 61.7 Å². The molecule has 2 N–H and O–H groups in total. The zero-order chi connectivity index (χ0) is 16.6. The van der Waals surface area contributed by atoms with Crippen molar-refractivity contribution in [2.24, 2.45) is 22.4 Å². The number of hydrogen-bond donors (Lipinski definition) is 2. The minimum absolute atomic E-state index is 0.424. The van der Waals surface area contributed by atoms with Gasteiger partial charge in [0.2, 0.25) is 0 Å². The molecule has 2 atom stereocenters. The van der Waals surface area contributed by atoms with Crippen molar-refractivity contribution in [3.05, 3.63) is 41.0 Å². The van der Waals surface area contributed by atoms with Gasteiger partial charge in [0.1, 0.15) is 0 Å². The van der Waals surface area contributed by atoms with E-state index in [-0.39, 0.29) is 0 Å². The lowest BCUT2D eigenvalue weighted by Gasteiger charge is -2.55. The Morgan fingerprint density at radius 3 is 2.61 bits per heavy atom. The maximum absolute atomic E-state index is 5.35. The van der Waals surface area contributed by atoms with E-state index in [1.165, 1.54) is 29.5 Å². The lowest BCUT2D eigenvalue weighted by molar-refractivity contribution is -0.00126. The fraction of sp³-hybridized carbons (Fsp3) is 0.474. The predicted octanol–water partition coefficient (Wildman–Crippen LogP) is 4.57. The van der Waals surface area contributed by atoms with Gasteiger partial charge in [-0.3, -0.25) is 5.43 Å². The highest BCUT2D eigenvalue weighted by molar-refractivity contribution is 7.80. The minimum atomic E-state index is 0.424. The average molecular weight is 327 g/mol. The molecule has 3 aliphatic carbocycles. The van der Waals surface area contributed by atoms with Crippen LogP contribution in [0.1, 0.15) is 37.8 Å². The normalized spacial score (nSPS) is 24.8. The Morgan fingerprint density at radius 2 is 2.00 bits per heavy atom. The smallest absolute Gasteiger partial charge is 0.191 e. The van der Waals surface area contributed by atoms with Gasteiger partial charge >= 0.3 is 0 Å². The predicted molar refractivity (Wildman–Crippen MR) is 102 cm³/mol. The molecule has 3 aliphatic rings. The summed E-state index contributed by atoms with van der Waals surface area (Å²) in [7, 11) is 0. The summed E-state index contributed by atoms with van der Waals surface area (Å²) in [5.41, 5.74) is 8.13. The van der Waals surface area contributed by atoms with Crippen LogP contribution in [-0.4, -0.2) is 11.3 Å². The third kappa shape index (κ3) is 3.05. The third-order valence-corrected chi connectivity index (χ3v) is 5.80. The first-order chi connectivity index (χ1) is 10.9. The molecule has 1 aromatic rings. The standard InChI is InChI=1S/C19H25N3S/c1-12-6-5-7-13(2)17(12)21-18(23)22-20-11-14-8-9-15-10-16(14)19(15,3)4/h5-8,11,15-16H,9-10H2,1-4H3,(H2,21,22,23)/b20-11-/t15-,16+/m1/s1. The van der Waals surface area contributed by atoms with Gasteiger partial charge in [0, 0.05) is 5.69 Å². The Kier molecular flexibility index (Phi) is 4.28. The summed E-state index contributed by atoms with van der Waals surface area (Å²) in [5.74, 6) is 1.50. The van der Waals surface area contributed by atoms with Crippen LogP contribution in [0, 0.1) is 31.1 Å². The number of rotatable bonds is 3. The van der Waals surface area contributed by atoms with Gasteiger partial charge in [0.05, 0.1) is 6.21 Å². The molecule has 3 nitrogen and oxygen atoms in total. The number of fused-ring (bicyclic) bond motifs is 1. The SMILES string of the molecule is Cc1cccc(C)c1NC(=S)N/N=C\C1=CC[C@@H]2C[C@@H]1C2(C)C. The van der Waals surface area contributed by atoms with Gasteiger partial charge in [-0.05, 0) is 72.9 Å². The molecule has 122 valence electrons. The molecule has 0 unspecified atom stereocenters. The molecule has 0 aliphatic heterocycles. The van der Waals surface area contributed by atoms with E-state index in [9.17, 15) is 0 Å². The van der Waals surface area contributed by atoms with Crippen LogP contribution in [-0.2, 0) is 0 Å². The van der Waals surface area contributed by atoms with Gasteiger partial charge in [-0.2, -0.15) is 5.10 Å². The molecule has 0 radical (unpaired) electrons. The molecule has 1 aromatic carbocycles. The number of allylic oxidation sites excluding steroid dienone is 2. The van der Waals surface area contributed by atoms with E-state index in [1.54, 1.807) is 0 Å². The lowest BCUT2D eigenvalue weighted by Crippen LogP contribution is -2.48. The molecule has 1 fully saturated rings. The molecule has 4 heteroatoms. The molecule has 23 heavy (non-hydrogen) atoms. The highest BCUT2D eigenvalue weighted by atomic mass is 32.1. The average Bonchev–Trinajstić information content (AvgIpc) is 2.51. The fourth-order valence-electron chi connectivity index (χ4n) is 3.86. The van der Waals surface area contributed by atoms with E-state index < -0.39 is 0 Å². The molecule has 0 heterocycles. The van der Waals surface area contributed by atoms with Crippen LogP contribution in [0.4, 0.5) is 5.69 Å². The quantitative estimate of drug-likeness (QED) is 0.485. The van der Waals surface area contributed by atoms with Crippen molar-refractivity contribution < 1.29 is 0 Å². The van der Waals surface area contributed by atoms with Gasteiger partial charge < -0.3 is 5.32 Å². The van der Waals surface area contributed by atoms with Gasteiger partial charge in [-0.15, -0.1) is 0 Å². The summed E-state index contributed by atoms with van der Waals surface area (Å²) in [4.78, 5) is 0. The molecular weight excluding hydrogens is 302 g/mol. The van der Waals surface area contributed by atoms with Crippen LogP contribution in [0.25, 0.3) is 0 Å². The number of benzene rings is 1. The Bertz CT molecular complexity index is 668. The summed E-state index contributed by atoms with van der Waals surface area (Å²) in [6.45, 7) is 8.88. The van der Waals surface area contributed by atoms with Crippen LogP contribution in [0.3, 0.4) is 0 Å². The maximum atomic E-state index is 5.35. The summed E-state index contributed by atoms with van der Waals surface area (Å²) in [6, 6.07) is 6.19. The van der Waals surface area contributed by atoms with Crippen molar-refractivity contribution in [1.82, 2.24) is 5.43 Å². The second-order valence-corrected chi connectivity index (χ2v) is 7.75. The van der Waals surface area contributed by atoms with Gasteiger partial charge in [0.25, 0.3) is 0 Å². The molecular formula is C19H25N3S. The van der Waals surface area contributed by atoms with E-state index in [0.29, 0.717) is 16.4 Å². The Labute approximate surface area is 144 Å². The largest absolute Gasteiger partial charge is 0.331 e. The van der Waals surface area contributed by atoms with Crippen molar-refractivity contribution >= 4 is 29.2 Å². The van der Waals surface area contributed by atoms with Crippen LogP contribution >= 0.6 is 12.2 Å². The molecule has 1 saturated carbocycles. The monoisotopic (exact) mass is 327 g/mol. The van der Waals surface area contributed by atoms with Gasteiger partial charge in [-0.1, -0.05) is 38.1 Å². The molecule has 2 bridgehead atoms. The van der Waals surface area contributed by atoms with Crippen molar-refractivity contribution in [2.45, 2.75) is 40.5 Å². The summed E-state index contributed by atoms with van der Waals surface area (Å²) >= 11 is 5.35. The summed E-state index contributed by atoms with van der Waals surface area (Å²) in [6.07, 6.45) is 6.75. The minimum Gasteiger partial charge on any atom is -0.331 e. The molecule has 0 spiro atoms. The highest BCUT2D eigenvalue weighted by Gasteiger charge is 2.50. The topological polar surface area (TPSA) is 36.4 Å². The number of aryl methyl sites for hydroxylation is 2. The Hall–Kier alpha value is -1.68. The zero-order valence-corrected chi connectivity index (χ0v) is 15.1. The first-order valence-electron chi connectivity index (χ1n) is 8.26. The lowest BCUT2D eigenvalue weighted by atomic mass is 9.49. The number of nitrogens with zero attached hydrogens (tertiary/aromatic N) is 1. The summed E-state index contributed by atoms with van der Waals surface area (Å²) < 4.78 is 0. The van der Waals surface area contributed by atoms with Crippen molar-refractivity contribution in [3.8, 4) is 0 Å². The van der Waals surface area contributed by atoms with Crippen molar-refractivity contribution in [1.29, 1.82) is 0 Å². The van der Waals surface area contributed by atoms with Crippen molar-refractivity contribution in [3.63, 3.8) is 0 Å².